The number of esters is 1. The molecule has 0 heterocycles. The van der Waals surface area contributed by atoms with Crippen LogP contribution in [0.4, 0.5) is 11.4 Å². The van der Waals surface area contributed by atoms with E-state index in [0.29, 0.717) is 28.1 Å². The molecule has 0 aliphatic rings. The van der Waals surface area contributed by atoms with Gasteiger partial charge in [0.2, 0.25) is 0 Å². The van der Waals surface area contributed by atoms with Gasteiger partial charge in [0.1, 0.15) is 5.75 Å². The Hall–Kier alpha value is -6.30. The summed E-state index contributed by atoms with van der Waals surface area (Å²) in [6.07, 6.45) is 3.95. The molecule has 0 atom stereocenters. The third-order valence-corrected chi connectivity index (χ3v) is 6.09. The van der Waals surface area contributed by atoms with Crippen LogP contribution in [0.5, 0.6) is 17.2 Å². The number of hydrogen-bond donors (Lipinski definition) is 2. The molecule has 12 heteroatoms. The number of nitro benzene ring substituents is 1. The second-order valence-electron chi connectivity index (χ2n) is 9.21. The fourth-order valence-corrected chi connectivity index (χ4v) is 3.92. The molecule has 4 aromatic rings. The van der Waals surface area contributed by atoms with Gasteiger partial charge in [-0.1, -0.05) is 18.2 Å². The molecule has 12 nitrogen and oxygen atoms in total. The quantitative estimate of drug-likeness (QED) is 0.0522. The normalized spacial score (nSPS) is 10.8. The van der Waals surface area contributed by atoms with Gasteiger partial charge in [-0.25, -0.2) is 10.2 Å². The Morgan fingerprint density at radius 1 is 0.867 bits per heavy atom. The van der Waals surface area contributed by atoms with E-state index in [-0.39, 0.29) is 35.3 Å². The largest absolute Gasteiger partial charge is 0.497 e. The molecular formula is C33H28N4O8. The Labute approximate surface area is 258 Å². The molecule has 0 aromatic heterocycles. The Morgan fingerprint density at radius 3 is 2.38 bits per heavy atom. The fraction of sp³-hybridized carbons (Fsp3) is 0.0909. The lowest BCUT2D eigenvalue weighted by Crippen LogP contribution is -2.18. The maximum absolute atomic E-state index is 12.7. The summed E-state index contributed by atoms with van der Waals surface area (Å²) >= 11 is 0. The zero-order valence-corrected chi connectivity index (χ0v) is 24.3. The number of rotatable bonds is 12. The van der Waals surface area contributed by atoms with Crippen molar-refractivity contribution in [2.24, 2.45) is 5.10 Å². The first-order valence-corrected chi connectivity index (χ1v) is 13.6. The zero-order chi connectivity index (χ0) is 32.2. The van der Waals surface area contributed by atoms with Crippen molar-refractivity contribution in [2.45, 2.75) is 6.92 Å². The van der Waals surface area contributed by atoms with E-state index in [0.717, 1.165) is 6.08 Å². The average Bonchev–Trinajstić information content (AvgIpc) is 3.05. The third-order valence-electron chi connectivity index (χ3n) is 6.09. The lowest BCUT2D eigenvalue weighted by atomic mass is 10.1. The number of methoxy groups -OCH3 is 1. The zero-order valence-electron chi connectivity index (χ0n) is 24.3. The number of amides is 2. The summed E-state index contributed by atoms with van der Waals surface area (Å²) in [6, 6.07) is 23.6. The number of hydrogen-bond acceptors (Lipinski definition) is 9. The van der Waals surface area contributed by atoms with Crippen molar-refractivity contribution >= 4 is 41.4 Å². The van der Waals surface area contributed by atoms with Crippen LogP contribution in [0.15, 0.2) is 102 Å². The molecular weight excluding hydrogens is 580 g/mol. The highest BCUT2D eigenvalue weighted by Crippen LogP contribution is 2.28. The molecule has 0 aliphatic carbocycles. The van der Waals surface area contributed by atoms with Crippen molar-refractivity contribution in [1.82, 2.24) is 5.43 Å². The van der Waals surface area contributed by atoms with Crippen LogP contribution < -0.4 is 25.0 Å². The highest BCUT2D eigenvalue weighted by Gasteiger charge is 2.12. The first kappa shape index (κ1) is 31.6. The Balaban J connectivity index is 1.36. The van der Waals surface area contributed by atoms with E-state index in [1.807, 2.05) is 0 Å². The highest BCUT2D eigenvalue weighted by atomic mass is 16.6. The van der Waals surface area contributed by atoms with E-state index < -0.39 is 16.8 Å². The first-order valence-electron chi connectivity index (χ1n) is 13.6. The van der Waals surface area contributed by atoms with Crippen molar-refractivity contribution in [3.8, 4) is 17.2 Å². The van der Waals surface area contributed by atoms with Gasteiger partial charge in [-0.05, 0) is 84.8 Å². The number of benzene rings is 4. The summed E-state index contributed by atoms with van der Waals surface area (Å²) in [5.41, 5.74) is 4.49. The molecule has 0 fully saturated rings. The molecule has 0 saturated carbocycles. The number of nitrogens with one attached hydrogen (secondary N) is 2. The first-order chi connectivity index (χ1) is 21.7. The number of anilines is 1. The molecule has 2 amide bonds. The van der Waals surface area contributed by atoms with Crippen LogP contribution in [-0.2, 0) is 4.79 Å². The van der Waals surface area contributed by atoms with Gasteiger partial charge in [0.05, 0.1) is 24.9 Å². The van der Waals surface area contributed by atoms with Gasteiger partial charge in [-0.3, -0.25) is 19.7 Å². The standard InChI is InChI=1S/C33H28N4O8/c1-3-44-30-19-23(10-16-29(30)45-31(38)17-11-22-6-4-9-27(18-22)37(41)42)21-34-36-33(40)25-7-5-8-26(20-25)35-32(39)24-12-14-28(43-2)15-13-24/h4-21H,3H2,1-2H3,(H,35,39)(H,36,40)/b17-11+,34-21?. The Morgan fingerprint density at radius 2 is 1.64 bits per heavy atom. The lowest BCUT2D eigenvalue weighted by molar-refractivity contribution is -0.384. The molecule has 0 radical (unpaired) electrons. The van der Waals surface area contributed by atoms with Crippen molar-refractivity contribution in [3.05, 3.63) is 129 Å². The van der Waals surface area contributed by atoms with Crippen molar-refractivity contribution < 1.29 is 33.5 Å². The SMILES string of the molecule is CCOc1cc(C=NNC(=O)c2cccc(NC(=O)c3ccc(OC)cc3)c2)ccc1OC(=O)/C=C/c1cccc([N+](=O)[O-])c1. The minimum atomic E-state index is -0.710. The molecule has 0 unspecified atom stereocenters. The summed E-state index contributed by atoms with van der Waals surface area (Å²) in [5, 5.41) is 17.7. The molecule has 0 bridgehead atoms. The number of carbonyl (C=O) groups excluding carboxylic acids is 3. The van der Waals surface area contributed by atoms with Crippen LogP contribution in [0.1, 0.15) is 38.8 Å². The summed E-state index contributed by atoms with van der Waals surface area (Å²) in [6.45, 7) is 2.05. The van der Waals surface area contributed by atoms with Gasteiger partial charge in [-0.2, -0.15) is 5.10 Å². The minimum absolute atomic E-state index is 0.0969. The van der Waals surface area contributed by atoms with E-state index >= 15 is 0 Å². The minimum Gasteiger partial charge on any atom is -0.497 e. The van der Waals surface area contributed by atoms with Crippen LogP contribution >= 0.6 is 0 Å². The molecule has 0 spiro atoms. The summed E-state index contributed by atoms with van der Waals surface area (Å²) in [4.78, 5) is 48.1. The van der Waals surface area contributed by atoms with Gasteiger partial charge >= 0.3 is 5.97 Å². The monoisotopic (exact) mass is 608 g/mol. The van der Waals surface area contributed by atoms with Gasteiger partial charge < -0.3 is 19.5 Å². The van der Waals surface area contributed by atoms with Crippen molar-refractivity contribution in [3.63, 3.8) is 0 Å². The Bertz CT molecular complexity index is 1770. The van der Waals surface area contributed by atoms with E-state index in [1.165, 1.54) is 49.7 Å². The Kier molecular flexibility index (Phi) is 10.7. The smallest absolute Gasteiger partial charge is 0.336 e. The number of nitro groups is 1. The molecule has 45 heavy (non-hydrogen) atoms. The molecule has 0 saturated heterocycles. The van der Waals surface area contributed by atoms with Crippen molar-refractivity contribution in [1.29, 1.82) is 0 Å². The van der Waals surface area contributed by atoms with Crippen LogP contribution in [0.2, 0.25) is 0 Å². The summed E-state index contributed by atoms with van der Waals surface area (Å²) in [7, 11) is 1.54. The van der Waals surface area contributed by atoms with Crippen LogP contribution in [-0.4, -0.2) is 42.6 Å². The highest BCUT2D eigenvalue weighted by molar-refractivity contribution is 6.05. The van der Waals surface area contributed by atoms with E-state index in [2.05, 4.69) is 15.8 Å². The molecule has 228 valence electrons. The predicted molar refractivity (Wildman–Crippen MR) is 168 cm³/mol. The number of ether oxygens (including phenoxy) is 3. The van der Waals surface area contributed by atoms with E-state index in [4.69, 9.17) is 14.2 Å². The van der Waals surface area contributed by atoms with E-state index in [1.54, 1.807) is 67.6 Å². The second kappa shape index (κ2) is 15.3. The fourth-order valence-electron chi connectivity index (χ4n) is 3.92. The van der Waals surface area contributed by atoms with Crippen LogP contribution in [0.25, 0.3) is 6.08 Å². The second-order valence-corrected chi connectivity index (χ2v) is 9.21. The molecule has 2 N–H and O–H groups in total. The molecule has 4 rings (SSSR count). The van der Waals surface area contributed by atoms with Gasteiger partial charge in [0.15, 0.2) is 11.5 Å². The number of carbonyl (C=O) groups is 3. The van der Waals surface area contributed by atoms with E-state index in [9.17, 15) is 24.5 Å². The van der Waals surface area contributed by atoms with Crippen LogP contribution in [0.3, 0.4) is 0 Å². The third kappa shape index (κ3) is 9.09. The van der Waals surface area contributed by atoms with Gasteiger partial charge in [0, 0.05) is 35.0 Å². The van der Waals surface area contributed by atoms with Crippen molar-refractivity contribution in [2.75, 3.05) is 19.0 Å². The summed E-state index contributed by atoms with van der Waals surface area (Å²) in [5.74, 6) is -0.503. The lowest BCUT2D eigenvalue weighted by Gasteiger charge is -2.10. The average molecular weight is 609 g/mol. The topological polar surface area (TPSA) is 158 Å². The van der Waals surface area contributed by atoms with Gasteiger partial charge in [-0.15, -0.1) is 0 Å². The van der Waals surface area contributed by atoms with Gasteiger partial charge in [0.25, 0.3) is 17.5 Å². The predicted octanol–water partition coefficient (Wildman–Crippen LogP) is 5.64. The maximum Gasteiger partial charge on any atom is 0.336 e. The van der Waals surface area contributed by atoms with Crippen LogP contribution in [0, 0.1) is 10.1 Å². The summed E-state index contributed by atoms with van der Waals surface area (Å²) < 4.78 is 16.1. The number of nitrogens with zero attached hydrogens (tertiary/aromatic N) is 2. The number of non-ortho nitro benzene ring substituents is 1. The maximum atomic E-state index is 12.7. The number of hydrazone groups is 1. The molecule has 4 aromatic carbocycles. The molecule has 0 aliphatic heterocycles.